The van der Waals surface area contributed by atoms with E-state index in [2.05, 4.69) is 30.4 Å². The molecule has 2 aliphatic carbocycles. The fourth-order valence-electron chi connectivity index (χ4n) is 2.59. The lowest BCUT2D eigenvalue weighted by atomic mass is 10.1. The molecule has 3 rings (SSSR count). The molecule has 18 heavy (non-hydrogen) atoms. The molecule has 0 radical (unpaired) electrons. The second-order valence-corrected chi connectivity index (χ2v) is 5.88. The molecular formula is C16H23NO. The van der Waals surface area contributed by atoms with Gasteiger partial charge in [-0.15, -0.1) is 0 Å². The van der Waals surface area contributed by atoms with Crippen molar-refractivity contribution in [1.29, 1.82) is 0 Å². The maximum absolute atomic E-state index is 5.91. The van der Waals surface area contributed by atoms with Crippen molar-refractivity contribution < 1.29 is 4.74 Å². The lowest BCUT2D eigenvalue weighted by Crippen LogP contribution is -2.26. The van der Waals surface area contributed by atoms with E-state index in [9.17, 15) is 0 Å². The van der Waals surface area contributed by atoms with Gasteiger partial charge in [0.15, 0.2) is 0 Å². The first-order valence-corrected chi connectivity index (χ1v) is 7.29. The first-order valence-electron chi connectivity index (χ1n) is 7.29. The zero-order valence-corrected chi connectivity index (χ0v) is 11.2. The van der Waals surface area contributed by atoms with Gasteiger partial charge in [-0.1, -0.05) is 13.0 Å². The van der Waals surface area contributed by atoms with Gasteiger partial charge in [0.2, 0.25) is 0 Å². The average Bonchev–Trinajstić information content (AvgIpc) is 3.10. The Morgan fingerprint density at radius 2 is 2.11 bits per heavy atom. The molecule has 1 aromatic carbocycles. The quantitative estimate of drug-likeness (QED) is 0.832. The van der Waals surface area contributed by atoms with E-state index in [1.54, 1.807) is 0 Å². The van der Waals surface area contributed by atoms with Gasteiger partial charge in [-0.05, 0) is 55.4 Å². The summed E-state index contributed by atoms with van der Waals surface area (Å²) in [5.41, 5.74) is 3.02. The zero-order chi connectivity index (χ0) is 12.4. The molecule has 0 heterocycles. The summed E-state index contributed by atoms with van der Waals surface area (Å²) in [6.07, 6.45) is 6.50. The summed E-state index contributed by atoms with van der Waals surface area (Å²) in [6.45, 7) is 4.15. The number of benzene rings is 1. The van der Waals surface area contributed by atoms with E-state index in [1.165, 1.54) is 43.2 Å². The number of nitrogens with one attached hydrogen (secondary N) is 1. The van der Waals surface area contributed by atoms with Gasteiger partial charge in [0.25, 0.3) is 0 Å². The highest BCUT2D eigenvalue weighted by atomic mass is 16.5. The minimum atomic E-state index is 0.582. The van der Waals surface area contributed by atoms with Crippen LogP contribution in [0.15, 0.2) is 18.2 Å². The van der Waals surface area contributed by atoms with E-state index in [4.69, 9.17) is 4.74 Å². The van der Waals surface area contributed by atoms with Gasteiger partial charge >= 0.3 is 0 Å². The minimum Gasteiger partial charge on any atom is -0.493 e. The molecule has 0 saturated heterocycles. The van der Waals surface area contributed by atoms with Crippen LogP contribution in [-0.4, -0.2) is 19.2 Å². The van der Waals surface area contributed by atoms with Crippen molar-refractivity contribution in [2.24, 2.45) is 5.92 Å². The summed E-state index contributed by atoms with van der Waals surface area (Å²) < 4.78 is 5.91. The Morgan fingerprint density at radius 3 is 2.94 bits per heavy atom. The van der Waals surface area contributed by atoms with E-state index in [0.717, 1.165) is 24.9 Å². The van der Waals surface area contributed by atoms with Gasteiger partial charge in [-0.3, -0.25) is 0 Å². The summed E-state index contributed by atoms with van der Waals surface area (Å²) in [5, 5.41) is 3.55. The van der Waals surface area contributed by atoms with Crippen LogP contribution >= 0.6 is 0 Å². The first kappa shape index (κ1) is 12.0. The molecule has 1 aromatic rings. The van der Waals surface area contributed by atoms with Gasteiger partial charge in [0, 0.05) is 18.5 Å². The third kappa shape index (κ3) is 3.05. The van der Waals surface area contributed by atoms with Gasteiger partial charge in [0.1, 0.15) is 5.75 Å². The van der Waals surface area contributed by atoms with Crippen LogP contribution in [0.2, 0.25) is 0 Å². The lowest BCUT2D eigenvalue weighted by molar-refractivity contribution is 0.255. The van der Waals surface area contributed by atoms with Crippen molar-refractivity contribution in [3.63, 3.8) is 0 Å². The fraction of sp³-hybridized carbons (Fsp3) is 0.625. The minimum absolute atomic E-state index is 0.582. The highest BCUT2D eigenvalue weighted by Crippen LogP contribution is 2.26. The summed E-state index contributed by atoms with van der Waals surface area (Å²) in [6, 6.07) is 7.41. The third-order valence-corrected chi connectivity index (χ3v) is 3.94. The van der Waals surface area contributed by atoms with E-state index in [1.807, 2.05) is 0 Å². The summed E-state index contributed by atoms with van der Waals surface area (Å²) in [5.74, 6) is 1.63. The zero-order valence-electron chi connectivity index (χ0n) is 11.2. The molecule has 1 N–H and O–H groups in total. The highest BCUT2D eigenvalue weighted by Gasteiger charge is 2.21. The van der Waals surface area contributed by atoms with Crippen molar-refractivity contribution in [1.82, 2.24) is 5.32 Å². The highest BCUT2D eigenvalue weighted by molar-refractivity contribution is 5.38. The molecule has 2 nitrogen and oxygen atoms in total. The molecule has 0 spiro atoms. The van der Waals surface area contributed by atoms with Gasteiger partial charge in [-0.25, -0.2) is 0 Å². The van der Waals surface area contributed by atoms with E-state index in [0.29, 0.717) is 5.92 Å². The lowest BCUT2D eigenvalue weighted by Gasteiger charge is -2.14. The number of ether oxygens (including phenoxy) is 1. The van der Waals surface area contributed by atoms with Crippen molar-refractivity contribution >= 4 is 0 Å². The topological polar surface area (TPSA) is 21.3 Å². The number of hydrogen-bond donors (Lipinski definition) is 1. The summed E-state index contributed by atoms with van der Waals surface area (Å²) in [4.78, 5) is 0. The predicted molar refractivity (Wildman–Crippen MR) is 74.2 cm³/mol. The monoisotopic (exact) mass is 245 g/mol. The molecular weight excluding hydrogens is 222 g/mol. The normalized spacial score (nSPS) is 19.6. The molecule has 0 aliphatic heterocycles. The Kier molecular flexibility index (Phi) is 3.55. The van der Waals surface area contributed by atoms with E-state index >= 15 is 0 Å². The summed E-state index contributed by atoms with van der Waals surface area (Å²) >= 11 is 0. The van der Waals surface area contributed by atoms with Crippen molar-refractivity contribution in [2.75, 3.05) is 13.2 Å². The molecule has 1 fully saturated rings. The molecule has 2 heteroatoms. The molecule has 98 valence electrons. The smallest absolute Gasteiger partial charge is 0.119 e. The second kappa shape index (κ2) is 5.31. The number of rotatable bonds is 6. The van der Waals surface area contributed by atoms with E-state index < -0.39 is 0 Å². The number of hydrogen-bond acceptors (Lipinski definition) is 2. The molecule has 0 bridgehead atoms. The van der Waals surface area contributed by atoms with Crippen molar-refractivity contribution in [3.05, 3.63) is 29.3 Å². The van der Waals surface area contributed by atoms with Crippen LogP contribution in [0.4, 0.5) is 0 Å². The Hall–Kier alpha value is -1.02. The first-order chi connectivity index (χ1) is 8.81. The summed E-state index contributed by atoms with van der Waals surface area (Å²) in [7, 11) is 0. The average molecular weight is 245 g/mol. The second-order valence-electron chi connectivity index (χ2n) is 5.88. The Bertz CT molecular complexity index is 412. The van der Waals surface area contributed by atoms with Crippen LogP contribution in [0.5, 0.6) is 5.75 Å². The maximum Gasteiger partial charge on any atom is 0.119 e. The van der Waals surface area contributed by atoms with Crippen LogP contribution in [0, 0.1) is 5.92 Å². The molecule has 0 amide bonds. The Balaban J connectivity index is 1.46. The fourth-order valence-corrected chi connectivity index (χ4v) is 2.59. The predicted octanol–water partition coefficient (Wildman–Crippen LogP) is 2.94. The van der Waals surface area contributed by atoms with Crippen LogP contribution in [0.1, 0.15) is 37.3 Å². The van der Waals surface area contributed by atoms with Crippen LogP contribution in [0.25, 0.3) is 0 Å². The largest absolute Gasteiger partial charge is 0.493 e. The Labute approximate surface area is 110 Å². The van der Waals surface area contributed by atoms with E-state index in [-0.39, 0.29) is 0 Å². The maximum atomic E-state index is 5.91. The number of aryl methyl sites for hydroxylation is 2. The van der Waals surface area contributed by atoms with Crippen molar-refractivity contribution in [3.8, 4) is 5.75 Å². The van der Waals surface area contributed by atoms with Crippen LogP contribution in [-0.2, 0) is 12.8 Å². The van der Waals surface area contributed by atoms with Gasteiger partial charge in [-0.2, -0.15) is 0 Å². The standard InChI is InChI=1S/C16H23NO/c1-12(10-17-15-6-7-15)11-18-16-8-5-13-3-2-4-14(13)9-16/h5,8-9,12,15,17H,2-4,6-7,10-11H2,1H3. The molecule has 1 saturated carbocycles. The van der Waals surface area contributed by atoms with Gasteiger partial charge < -0.3 is 10.1 Å². The van der Waals surface area contributed by atoms with Crippen LogP contribution in [0.3, 0.4) is 0 Å². The SMILES string of the molecule is CC(CNC1CC1)COc1ccc2c(c1)CCC2. The third-order valence-electron chi connectivity index (χ3n) is 3.94. The molecule has 1 atom stereocenters. The van der Waals surface area contributed by atoms with Gasteiger partial charge in [0.05, 0.1) is 6.61 Å². The Morgan fingerprint density at radius 1 is 1.28 bits per heavy atom. The van der Waals surface area contributed by atoms with Crippen molar-refractivity contribution in [2.45, 2.75) is 45.1 Å². The molecule has 2 aliphatic rings. The number of fused-ring (bicyclic) bond motifs is 1. The molecule has 0 aromatic heterocycles. The molecule has 1 unspecified atom stereocenters. The van der Waals surface area contributed by atoms with Crippen LogP contribution < -0.4 is 10.1 Å².